The zero-order chi connectivity index (χ0) is 23.6. The molecule has 0 saturated heterocycles. The third kappa shape index (κ3) is 4.09. The molecule has 1 atom stereocenters. The van der Waals surface area contributed by atoms with Gasteiger partial charge in [-0.3, -0.25) is 23.5 Å². The molecule has 0 spiro atoms. The molecule has 2 heterocycles. The standard InChI is InChI=1S/C19H18N6O7/c1-24-14-13(17(29)25(2)19(24)32)21-11(7-20-14)15(27)23-12(8-26)16(28)22-10-6-4-3-5-9(10)18(30)31/h3-7,12,26H,8H2,1-2H3,(H,22,28)(H,23,27)(H,30,31)/t12-/m0/s1. The molecule has 0 aliphatic heterocycles. The minimum atomic E-state index is -1.45. The van der Waals surface area contributed by atoms with Gasteiger partial charge in [0.2, 0.25) is 5.91 Å². The first-order chi connectivity index (χ1) is 15.1. The summed E-state index contributed by atoms with van der Waals surface area (Å²) in [7, 11) is 2.64. The first-order valence-electron chi connectivity index (χ1n) is 9.13. The molecule has 1 aromatic carbocycles. The number of carbonyl (C=O) groups is 3. The van der Waals surface area contributed by atoms with Gasteiger partial charge in [0.05, 0.1) is 24.1 Å². The van der Waals surface area contributed by atoms with Crippen molar-refractivity contribution < 1.29 is 24.6 Å². The monoisotopic (exact) mass is 442 g/mol. The Kier molecular flexibility index (Phi) is 6.11. The average molecular weight is 442 g/mol. The van der Waals surface area contributed by atoms with Crippen LogP contribution in [0.15, 0.2) is 40.1 Å². The lowest BCUT2D eigenvalue weighted by molar-refractivity contribution is -0.118. The summed E-state index contributed by atoms with van der Waals surface area (Å²) >= 11 is 0. The number of amides is 2. The zero-order valence-electron chi connectivity index (χ0n) is 16.9. The Hall–Kier alpha value is -4.39. The highest BCUT2D eigenvalue weighted by molar-refractivity contribution is 6.04. The first kappa shape index (κ1) is 22.3. The molecule has 0 fully saturated rings. The van der Waals surface area contributed by atoms with Gasteiger partial charge in [-0.25, -0.2) is 19.6 Å². The van der Waals surface area contributed by atoms with E-state index in [2.05, 4.69) is 20.6 Å². The van der Waals surface area contributed by atoms with E-state index >= 15 is 0 Å². The normalized spacial score (nSPS) is 11.7. The van der Waals surface area contributed by atoms with E-state index in [1.54, 1.807) is 0 Å². The van der Waals surface area contributed by atoms with Crippen molar-refractivity contribution in [2.45, 2.75) is 6.04 Å². The van der Waals surface area contributed by atoms with Gasteiger partial charge in [-0.15, -0.1) is 0 Å². The van der Waals surface area contributed by atoms with Crippen LogP contribution in [-0.4, -0.2) is 59.7 Å². The van der Waals surface area contributed by atoms with Crippen LogP contribution in [0.3, 0.4) is 0 Å². The van der Waals surface area contributed by atoms with Crippen molar-refractivity contribution in [2.75, 3.05) is 11.9 Å². The van der Waals surface area contributed by atoms with Crippen LogP contribution in [0.2, 0.25) is 0 Å². The largest absolute Gasteiger partial charge is 0.478 e. The van der Waals surface area contributed by atoms with E-state index in [0.717, 1.165) is 15.3 Å². The molecule has 13 nitrogen and oxygen atoms in total. The number of hydrogen-bond acceptors (Lipinski definition) is 8. The quantitative estimate of drug-likeness (QED) is 0.351. The summed E-state index contributed by atoms with van der Waals surface area (Å²) < 4.78 is 1.90. The van der Waals surface area contributed by atoms with E-state index in [1.165, 1.54) is 38.4 Å². The van der Waals surface area contributed by atoms with Crippen LogP contribution in [0.25, 0.3) is 11.2 Å². The number of rotatable bonds is 6. The lowest BCUT2D eigenvalue weighted by atomic mass is 10.1. The number of nitrogens with zero attached hydrogens (tertiary/aromatic N) is 4. The highest BCUT2D eigenvalue weighted by Gasteiger charge is 2.24. The number of para-hydroxylation sites is 1. The molecule has 0 saturated carbocycles. The highest BCUT2D eigenvalue weighted by Crippen LogP contribution is 2.15. The summed E-state index contributed by atoms with van der Waals surface area (Å²) in [6.45, 7) is -0.801. The maximum Gasteiger partial charge on any atom is 0.337 e. The molecule has 0 aliphatic rings. The van der Waals surface area contributed by atoms with Crippen molar-refractivity contribution in [3.63, 3.8) is 0 Å². The summed E-state index contributed by atoms with van der Waals surface area (Å²) in [5.74, 6) is -3.06. The van der Waals surface area contributed by atoms with Crippen molar-refractivity contribution in [2.24, 2.45) is 14.1 Å². The molecule has 32 heavy (non-hydrogen) atoms. The summed E-state index contributed by atoms with van der Waals surface area (Å²) in [6.07, 6.45) is 1.02. The van der Waals surface area contributed by atoms with Gasteiger partial charge in [0, 0.05) is 14.1 Å². The van der Waals surface area contributed by atoms with E-state index < -0.39 is 41.7 Å². The number of anilines is 1. The SMILES string of the molecule is Cn1c(=O)c2nc(C(=O)N[C@@H](CO)C(=O)Nc3ccccc3C(=O)O)cnc2n(C)c1=O. The minimum Gasteiger partial charge on any atom is -0.478 e. The third-order valence-corrected chi connectivity index (χ3v) is 4.60. The second-order valence-electron chi connectivity index (χ2n) is 6.68. The Morgan fingerprint density at radius 1 is 1.12 bits per heavy atom. The van der Waals surface area contributed by atoms with Gasteiger partial charge in [0.15, 0.2) is 11.2 Å². The topological polar surface area (TPSA) is 186 Å². The van der Waals surface area contributed by atoms with Crippen molar-refractivity contribution in [1.82, 2.24) is 24.4 Å². The molecular formula is C19H18N6O7. The van der Waals surface area contributed by atoms with Crippen molar-refractivity contribution in [3.05, 3.63) is 62.6 Å². The summed E-state index contributed by atoms with van der Waals surface area (Å²) in [5.41, 5.74) is -2.16. The summed E-state index contributed by atoms with van der Waals surface area (Å²) in [5, 5.41) is 23.3. The van der Waals surface area contributed by atoms with Crippen LogP contribution in [0.5, 0.6) is 0 Å². The predicted molar refractivity (Wildman–Crippen MR) is 110 cm³/mol. The van der Waals surface area contributed by atoms with Gasteiger partial charge in [0.25, 0.3) is 11.5 Å². The van der Waals surface area contributed by atoms with E-state index in [1.807, 2.05) is 0 Å². The Morgan fingerprint density at radius 2 is 1.81 bits per heavy atom. The molecule has 0 aliphatic carbocycles. The van der Waals surface area contributed by atoms with E-state index in [0.29, 0.717) is 0 Å². The fourth-order valence-electron chi connectivity index (χ4n) is 2.87. The number of aliphatic hydroxyl groups excluding tert-OH is 1. The Balaban J connectivity index is 1.86. The second-order valence-corrected chi connectivity index (χ2v) is 6.68. The van der Waals surface area contributed by atoms with Crippen LogP contribution < -0.4 is 21.9 Å². The molecule has 13 heteroatoms. The number of aryl methyl sites for hydroxylation is 1. The smallest absolute Gasteiger partial charge is 0.337 e. The van der Waals surface area contributed by atoms with Gasteiger partial charge in [-0.1, -0.05) is 12.1 Å². The molecule has 2 aromatic heterocycles. The molecule has 166 valence electrons. The molecule has 3 rings (SSSR count). The van der Waals surface area contributed by atoms with Gasteiger partial charge < -0.3 is 20.8 Å². The van der Waals surface area contributed by atoms with Gasteiger partial charge >= 0.3 is 11.7 Å². The molecule has 3 aromatic rings. The fraction of sp³-hybridized carbons (Fsp3) is 0.211. The maximum atomic E-state index is 12.6. The molecule has 4 N–H and O–H groups in total. The number of benzene rings is 1. The van der Waals surface area contributed by atoms with Crippen LogP contribution in [0, 0.1) is 0 Å². The van der Waals surface area contributed by atoms with Gasteiger partial charge in [0.1, 0.15) is 11.7 Å². The lowest BCUT2D eigenvalue weighted by Gasteiger charge is -2.17. The number of aromatic nitrogens is 4. The van der Waals surface area contributed by atoms with Gasteiger partial charge in [-0.05, 0) is 12.1 Å². The number of carboxylic acids is 1. The summed E-state index contributed by atoms with van der Waals surface area (Å²) in [6, 6.07) is 4.16. The zero-order valence-corrected chi connectivity index (χ0v) is 16.9. The van der Waals surface area contributed by atoms with E-state index in [4.69, 9.17) is 0 Å². The fourth-order valence-corrected chi connectivity index (χ4v) is 2.87. The second kappa shape index (κ2) is 8.77. The number of aliphatic hydroxyl groups is 1. The molecule has 0 bridgehead atoms. The number of fused-ring (bicyclic) bond motifs is 1. The first-order valence-corrected chi connectivity index (χ1v) is 9.13. The Morgan fingerprint density at radius 3 is 2.47 bits per heavy atom. The van der Waals surface area contributed by atoms with Crippen LogP contribution in [0.4, 0.5) is 5.69 Å². The molecule has 2 amide bonds. The third-order valence-electron chi connectivity index (χ3n) is 4.60. The van der Waals surface area contributed by atoms with Crippen molar-refractivity contribution in [1.29, 1.82) is 0 Å². The molecule has 0 unspecified atom stereocenters. The van der Waals surface area contributed by atoms with Crippen molar-refractivity contribution >= 4 is 34.6 Å². The van der Waals surface area contributed by atoms with Crippen LogP contribution in [-0.2, 0) is 18.9 Å². The Bertz CT molecular complexity index is 1360. The molecule has 0 radical (unpaired) electrons. The highest BCUT2D eigenvalue weighted by atomic mass is 16.4. The van der Waals surface area contributed by atoms with E-state index in [-0.39, 0.29) is 28.1 Å². The van der Waals surface area contributed by atoms with Crippen LogP contribution in [0.1, 0.15) is 20.8 Å². The summed E-state index contributed by atoms with van der Waals surface area (Å²) in [4.78, 5) is 68.5. The average Bonchev–Trinajstić information content (AvgIpc) is 2.79. The van der Waals surface area contributed by atoms with Gasteiger partial charge in [-0.2, -0.15) is 0 Å². The predicted octanol–water partition coefficient (Wildman–Crippen LogP) is -1.55. The Labute approximate surface area is 179 Å². The number of hydrogen-bond donors (Lipinski definition) is 4. The van der Waals surface area contributed by atoms with Crippen molar-refractivity contribution in [3.8, 4) is 0 Å². The maximum absolute atomic E-state index is 12.6. The number of nitrogens with one attached hydrogen (secondary N) is 2. The molecular weight excluding hydrogens is 424 g/mol. The number of carbonyl (C=O) groups excluding carboxylic acids is 2. The number of aromatic carboxylic acids is 1. The number of carboxylic acid groups (broad SMARTS) is 1. The van der Waals surface area contributed by atoms with E-state index in [9.17, 15) is 34.2 Å². The van der Waals surface area contributed by atoms with Crippen LogP contribution >= 0.6 is 0 Å². The lowest BCUT2D eigenvalue weighted by Crippen LogP contribution is -2.46. The minimum absolute atomic E-state index is 0.0207.